The van der Waals surface area contributed by atoms with Gasteiger partial charge in [-0.1, -0.05) is 19.7 Å². The number of primary amides is 1. The summed E-state index contributed by atoms with van der Waals surface area (Å²) in [7, 11) is 0. The van der Waals surface area contributed by atoms with E-state index in [0.29, 0.717) is 11.1 Å². The Balaban J connectivity index is -0.000000174. The molecule has 5 heteroatoms. The predicted molar refractivity (Wildman–Crippen MR) is 66.9 cm³/mol. The molecule has 3 N–H and O–H groups in total. The lowest BCUT2D eigenvalue weighted by atomic mass is 10.3. The fourth-order valence-corrected chi connectivity index (χ4v) is 0. The standard InChI is InChI=1S/C4H7NO.C4H5N.C4H6O2/c1-3(2)4(5)6;1-4(2)3-5;1-3(2)4(5)6/h1H2,2H3,(H2,5,6);1H2,2H3;1H2,2H3,(H,5,6). The smallest absolute Gasteiger partial charge is 0.330 e. The van der Waals surface area contributed by atoms with Gasteiger partial charge >= 0.3 is 5.97 Å². The van der Waals surface area contributed by atoms with Gasteiger partial charge in [-0.05, 0) is 20.8 Å². The number of aliphatic carboxylic acids is 1. The highest BCUT2D eigenvalue weighted by Crippen LogP contribution is 1.81. The van der Waals surface area contributed by atoms with E-state index in [2.05, 4.69) is 19.7 Å². The lowest BCUT2D eigenvalue weighted by molar-refractivity contribution is -0.132. The van der Waals surface area contributed by atoms with E-state index < -0.39 is 11.9 Å². The van der Waals surface area contributed by atoms with Gasteiger partial charge in [0.05, 0.1) is 6.07 Å². The zero-order valence-corrected chi connectivity index (χ0v) is 10.4. The maximum Gasteiger partial charge on any atom is 0.330 e. The van der Waals surface area contributed by atoms with Crippen LogP contribution in [0.5, 0.6) is 0 Å². The van der Waals surface area contributed by atoms with Crippen LogP contribution in [-0.4, -0.2) is 17.0 Å². The maximum absolute atomic E-state index is 9.82. The Bertz CT molecular complexity index is 314. The normalized spacial score (nSPS) is 6.94. The molecular formula is C12H18N2O3. The summed E-state index contributed by atoms with van der Waals surface area (Å²) in [6.07, 6.45) is 0. The molecule has 0 aliphatic rings. The molecule has 1 amide bonds. The van der Waals surface area contributed by atoms with E-state index in [-0.39, 0.29) is 5.57 Å². The number of carbonyl (C=O) groups is 2. The molecule has 0 heterocycles. The average Bonchev–Trinajstić information content (AvgIpc) is 2.19. The van der Waals surface area contributed by atoms with Crippen molar-refractivity contribution >= 4 is 11.9 Å². The number of carboxylic acid groups (broad SMARTS) is 1. The topological polar surface area (TPSA) is 104 Å². The monoisotopic (exact) mass is 238 g/mol. The third-order valence-corrected chi connectivity index (χ3v) is 0.977. The van der Waals surface area contributed by atoms with Gasteiger partial charge in [0.1, 0.15) is 0 Å². The molecule has 0 saturated carbocycles. The Morgan fingerprint density at radius 3 is 1.29 bits per heavy atom. The summed E-state index contributed by atoms with van der Waals surface area (Å²) >= 11 is 0. The molecule has 0 bridgehead atoms. The number of carbonyl (C=O) groups excluding carboxylic acids is 1. The molecule has 5 nitrogen and oxygen atoms in total. The lowest BCUT2D eigenvalue weighted by Gasteiger charge is -1.81. The zero-order valence-electron chi connectivity index (χ0n) is 10.4. The first-order chi connectivity index (χ1) is 7.56. The van der Waals surface area contributed by atoms with Crippen LogP contribution in [0.4, 0.5) is 0 Å². The van der Waals surface area contributed by atoms with Gasteiger partial charge in [-0.25, -0.2) is 4.79 Å². The molecule has 17 heavy (non-hydrogen) atoms. The quantitative estimate of drug-likeness (QED) is 0.565. The number of nitrogens with zero attached hydrogens (tertiary/aromatic N) is 1. The fraction of sp³-hybridized carbons (Fsp3) is 0.250. The van der Waals surface area contributed by atoms with Gasteiger partial charge in [0.2, 0.25) is 5.91 Å². The third kappa shape index (κ3) is 31.7. The van der Waals surface area contributed by atoms with Crippen molar-refractivity contribution in [2.45, 2.75) is 20.8 Å². The molecule has 0 aliphatic heterocycles. The van der Waals surface area contributed by atoms with Crippen LogP contribution >= 0.6 is 0 Å². The number of hydrogen-bond acceptors (Lipinski definition) is 3. The molecule has 0 atom stereocenters. The summed E-state index contributed by atoms with van der Waals surface area (Å²) in [5.41, 5.74) is 5.83. The van der Waals surface area contributed by atoms with E-state index in [1.54, 1.807) is 13.8 Å². The Morgan fingerprint density at radius 1 is 1.12 bits per heavy atom. The molecule has 0 saturated heterocycles. The van der Waals surface area contributed by atoms with Crippen LogP contribution in [0.2, 0.25) is 0 Å². The van der Waals surface area contributed by atoms with Crippen LogP contribution in [0.15, 0.2) is 36.5 Å². The largest absolute Gasteiger partial charge is 0.478 e. The second-order valence-corrected chi connectivity index (χ2v) is 3.12. The summed E-state index contributed by atoms with van der Waals surface area (Å²) in [5.74, 6) is -1.37. The fourth-order valence-electron chi connectivity index (χ4n) is 0. The molecule has 0 radical (unpaired) electrons. The van der Waals surface area contributed by atoms with E-state index in [4.69, 9.17) is 16.1 Å². The minimum absolute atomic E-state index is 0.176. The first-order valence-corrected chi connectivity index (χ1v) is 4.45. The summed E-state index contributed by atoms with van der Waals surface area (Å²) in [5, 5.41) is 15.7. The number of amides is 1. The Labute approximate surface area is 102 Å². The van der Waals surface area contributed by atoms with Crippen molar-refractivity contribution in [3.63, 3.8) is 0 Å². The van der Waals surface area contributed by atoms with Gasteiger partial charge in [-0.3, -0.25) is 4.79 Å². The maximum atomic E-state index is 9.82. The van der Waals surface area contributed by atoms with Crippen molar-refractivity contribution < 1.29 is 14.7 Å². The molecule has 0 aromatic heterocycles. The van der Waals surface area contributed by atoms with Crippen molar-refractivity contribution in [1.29, 1.82) is 5.26 Å². The highest BCUT2D eigenvalue weighted by molar-refractivity contribution is 5.90. The van der Waals surface area contributed by atoms with Gasteiger partial charge in [-0.15, -0.1) is 0 Å². The second kappa shape index (κ2) is 11.7. The molecule has 0 rings (SSSR count). The number of rotatable bonds is 2. The van der Waals surface area contributed by atoms with Crippen molar-refractivity contribution in [1.82, 2.24) is 0 Å². The number of allylic oxidation sites excluding steroid dienone is 1. The summed E-state index contributed by atoms with van der Waals surface area (Å²) < 4.78 is 0. The van der Waals surface area contributed by atoms with Gasteiger partial charge in [-0.2, -0.15) is 5.26 Å². The predicted octanol–water partition coefficient (Wildman–Crippen LogP) is 1.78. The van der Waals surface area contributed by atoms with Crippen LogP contribution < -0.4 is 5.73 Å². The summed E-state index contributed by atoms with van der Waals surface area (Å²) in [4.78, 5) is 19.4. The second-order valence-electron chi connectivity index (χ2n) is 3.12. The van der Waals surface area contributed by atoms with Crippen molar-refractivity contribution in [2.24, 2.45) is 5.73 Å². The molecule has 0 aliphatic carbocycles. The Hall–Kier alpha value is -2.35. The van der Waals surface area contributed by atoms with Gasteiger partial charge in [0, 0.05) is 16.7 Å². The van der Waals surface area contributed by atoms with Crippen LogP contribution in [0.25, 0.3) is 0 Å². The van der Waals surface area contributed by atoms with E-state index in [9.17, 15) is 9.59 Å². The highest BCUT2D eigenvalue weighted by Gasteiger charge is 1.90. The van der Waals surface area contributed by atoms with Gasteiger partial charge in [0.25, 0.3) is 0 Å². The van der Waals surface area contributed by atoms with E-state index >= 15 is 0 Å². The molecule has 94 valence electrons. The van der Waals surface area contributed by atoms with Crippen LogP contribution in [0.3, 0.4) is 0 Å². The minimum Gasteiger partial charge on any atom is -0.478 e. The number of hydrogen-bond donors (Lipinski definition) is 2. The van der Waals surface area contributed by atoms with E-state index in [1.807, 2.05) is 6.07 Å². The first kappa shape index (κ1) is 20.1. The average molecular weight is 238 g/mol. The number of nitriles is 1. The highest BCUT2D eigenvalue weighted by atomic mass is 16.4. The third-order valence-electron chi connectivity index (χ3n) is 0.977. The summed E-state index contributed by atoms with van der Waals surface area (Å²) in [6.45, 7) is 14.4. The van der Waals surface area contributed by atoms with Crippen LogP contribution in [0, 0.1) is 11.3 Å². The molecule has 0 aromatic rings. The molecular weight excluding hydrogens is 220 g/mol. The van der Waals surface area contributed by atoms with Crippen LogP contribution in [-0.2, 0) is 9.59 Å². The minimum atomic E-state index is -0.935. The molecule has 0 unspecified atom stereocenters. The van der Waals surface area contributed by atoms with Crippen LogP contribution in [0.1, 0.15) is 20.8 Å². The van der Waals surface area contributed by atoms with Crippen molar-refractivity contribution in [3.8, 4) is 6.07 Å². The van der Waals surface area contributed by atoms with Crippen molar-refractivity contribution in [2.75, 3.05) is 0 Å². The van der Waals surface area contributed by atoms with Gasteiger partial charge in [0.15, 0.2) is 0 Å². The Morgan fingerprint density at radius 2 is 1.29 bits per heavy atom. The molecule has 0 aromatic carbocycles. The first-order valence-electron chi connectivity index (χ1n) is 4.45. The van der Waals surface area contributed by atoms with Gasteiger partial charge < -0.3 is 10.8 Å². The lowest BCUT2D eigenvalue weighted by Crippen LogP contribution is -2.10. The number of nitrogens with two attached hydrogens (primary N) is 1. The number of carboxylic acids is 1. The zero-order chi connectivity index (χ0) is 14.6. The summed E-state index contributed by atoms with van der Waals surface area (Å²) in [6, 6.07) is 1.83. The molecule has 0 fully saturated rings. The van der Waals surface area contributed by atoms with E-state index in [0.717, 1.165) is 0 Å². The molecule has 0 spiro atoms. The van der Waals surface area contributed by atoms with Crippen molar-refractivity contribution in [3.05, 3.63) is 36.5 Å². The van der Waals surface area contributed by atoms with E-state index in [1.165, 1.54) is 6.92 Å². The SMILES string of the molecule is C=C(C)C#N.C=C(C)C(=O)O.C=C(C)C(N)=O. The Kier molecular flexibility index (Phi) is 13.9.